The zero-order valence-corrected chi connectivity index (χ0v) is 15.4. The summed E-state index contributed by atoms with van der Waals surface area (Å²) in [5.74, 6) is 1.64. The molecular formula is C20H26N3OS+. The van der Waals surface area contributed by atoms with E-state index < -0.39 is 0 Å². The Morgan fingerprint density at radius 2 is 1.84 bits per heavy atom. The molecule has 5 heteroatoms. The lowest BCUT2D eigenvalue weighted by atomic mass is 10.2. The van der Waals surface area contributed by atoms with E-state index in [1.807, 2.05) is 54.6 Å². The average Bonchev–Trinajstić information content (AvgIpc) is 3.10. The summed E-state index contributed by atoms with van der Waals surface area (Å²) in [6, 6.07) is 18.3. The molecule has 2 aromatic carbocycles. The van der Waals surface area contributed by atoms with Crippen LogP contribution in [0.4, 0.5) is 5.69 Å². The van der Waals surface area contributed by atoms with E-state index in [0.717, 1.165) is 23.7 Å². The van der Waals surface area contributed by atoms with Crippen LogP contribution in [0.3, 0.4) is 0 Å². The molecule has 1 aliphatic rings. The van der Waals surface area contributed by atoms with E-state index in [4.69, 9.17) is 17.0 Å². The molecule has 3 N–H and O–H groups in total. The minimum Gasteiger partial charge on any atom is -0.457 e. The Kier molecular flexibility index (Phi) is 6.25. The molecule has 25 heavy (non-hydrogen) atoms. The largest absolute Gasteiger partial charge is 0.457 e. The Morgan fingerprint density at radius 1 is 1.12 bits per heavy atom. The third-order valence-electron chi connectivity index (χ3n) is 4.68. The molecule has 0 aliphatic carbocycles. The summed E-state index contributed by atoms with van der Waals surface area (Å²) >= 11 is 5.42. The molecule has 0 aromatic heterocycles. The average molecular weight is 357 g/mol. The maximum absolute atomic E-state index is 5.80. The summed E-state index contributed by atoms with van der Waals surface area (Å²) < 4.78 is 5.80. The lowest BCUT2D eigenvalue weighted by Gasteiger charge is -2.21. The van der Waals surface area contributed by atoms with Gasteiger partial charge in [0.1, 0.15) is 17.5 Å². The number of anilines is 1. The number of thiocarbonyl (C=S) groups is 1. The number of ether oxygens (including phenoxy) is 1. The smallest absolute Gasteiger partial charge is 0.170 e. The molecule has 1 aliphatic heterocycles. The zero-order chi connectivity index (χ0) is 17.5. The van der Waals surface area contributed by atoms with Gasteiger partial charge in [0.2, 0.25) is 0 Å². The highest BCUT2D eigenvalue weighted by molar-refractivity contribution is 7.80. The number of likely N-dealkylation sites (N-methyl/N-ethyl adjacent to an activating group) is 1. The van der Waals surface area contributed by atoms with Crippen molar-refractivity contribution in [2.45, 2.75) is 25.8 Å². The molecule has 2 aromatic rings. The molecule has 1 heterocycles. The Hall–Kier alpha value is -2.11. The van der Waals surface area contributed by atoms with Crippen molar-refractivity contribution >= 4 is 23.0 Å². The van der Waals surface area contributed by atoms with Crippen LogP contribution in [0.1, 0.15) is 19.8 Å². The van der Waals surface area contributed by atoms with E-state index in [2.05, 4.69) is 17.6 Å². The monoisotopic (exact) mass is 356 g/mol. The van der Waals surface area contributed by atoms with Crippen LogP contribution >= 0.6 is 12.2 Å². The molecule has 0 bridgehead atoms. The van der Waals surface area contributed by atoms with Crippen LogP contribution in [-0.4, -0.2) is 30.8 Å². The van der Waals surface area contributed by atoms with Crippen molar-refractivity contribution in [3.05, 3.63) is 54.6 Å². The number of para-hydroxylation sites is 1. The minimum atomic E-state index is 0.673. The lowest BCUT2D eigenvalue weighted by molar-refractivity contribution is -0.909. The number of nitrogens with one attached hydrogen (secondary N) is 3. The maximum atomic E-state index is 5.80. The van der Waals surface area contributed by atoms with Gasteiger partial charge in [-0.1, -0.05) is 18.2 Å². The molecule has 0 radical (unpaired) electrons. The third kappa shape index (κ3) is 5.18. The first-order chi connectivity index (χ1) is 12.2. The van der Waals surface area contributed by atoms with Gasteiger partial charge in [-0.15, -0.1) is 0 Å². The highest BCUT2D eigenvalue weighted by Gasteiger charge is 2.26. The van der Waals surface area contributed by atoms with E-state index in [1.165, 1.54) is 25.9 Å². The summed E-state index contributed by atoms with van der Waals surface area (Å²) in [7, 11) is 0. The summed E-state index contributed by atoms with van der Waals surface area (Å²) in [6.07, 6.45) is 2.60. The first kappa shape index (κ1) is 17.7. The van der Waals surface area contributed by atoms with Gasteiger partial charge in [0.05, 0.1) is 19.6 Å². The highest BCUT2D eigenvalue weighted by Crippen LogP contribution is 2.22. The standard InChI is InChI=1S/C20H25N3OS/c1-2-23-14-6-7-17(23)15-21-20(25)22-16-10-12-19(13-11-16)24-18-8-4-3-5-9-18/h3-5,8-13,17H,2,6-7,14-15H2,1H3,(H2,21,22,25)/p+1/t17-/m1/s1. The van der Waals surface area contributed by atoms with E-state index in [0.29, 0.717) is 11.2 Å². The van der Waals surface area contributed by atoms with E-state index >= 15 is 0 Å². The molecule has 1 fully saturated rings. The quantitative estimate of drug-likeness (QED) is 0.696. The normalized spacial score (nSPS) is 19.4. The SMILES string of the molecule is CC[NH+]1CCC[C@@H]1CNC(=S)Nc1ccc(Oc2ccccc2)cc1. The fraction of sp³-hybridized carbons (Fsp3) is 0.350. The number of rotatable bonds is 6. The molecule has 4 nitrogen and oxygen atoms in total. The molecule has 0 saturated carbocycles. The van der Waals surface area contributed by atoms with Gasteiger partial charge in [-0.3, -0.25) is 0 Å². The second kappa shape index (κ2) is 8.83. The summed E-state index contributed by atoms with van der Waals surface area (Å²) in [5.41, 5.74) is 0.962. The van der Waals surface area contributed by atoms with E-state index in [9.17, 15) is 0 Å². The molecule has 3 rings (SSSR count). The third-order valence-corrected chi connectivity index (χ3v) is 4.93. The summed E-state index contributed by atoms with van der Waals surface area (Å²) in [6.45, 7) is 5.66. The Bertz CT molecular complexity index is 675. The molecule has 2 atom stereocenters. The van der Waals surface area contributed by atoms with Gasteiger partial charge in [0, 0.05) is 18.5 Å². The second-order valence-electron chi connectivity index (χ2n) is 6.38. The number of quaternary nitrogens is 1. The molecular weight excluding hydrogens is 330 g/mol. The molecule has 1 unspecified atom stereocenters. The van der Waals surface area contributed by atoms with E-state index in [1.54, 1.807) is 4.90 Å². The highest BCUT2D eigenvalue weighted by atomic mass is 32.1. The van der Waals surface area contributed by atoms with E-state index in [-0.39, 0.29) is 0 Å². The fourth-order valence-corrected chi connectivity index (χ4v) is 3.52. The van der Waals surface area contributed by atoms with Crippen LogP contribution in [0.15, 0.2) is 54.6 Å². The van der Waals surface area contributed by atoms with Gasteiger partial charge in [0.15, 0.2) is 5.11 Å². The lowest BCUT2D eigenvalue weighted by Crippen LogP contribution is -3.14. The van der Waals surface area contributed by atoms with Crippen molar-refractivity contribution in [3.63, 3.8) is 0 Å². The minimum absolute atomic E-state index is 0.673. The van der Waals surface area contributed by atoms with Gasteiger partial charge in [0.25, 0.3) is 0 Å². The van der Waals surface area contributed by atoms with Crippen LogP contribution in [0.25, 0.3) is 0 Å². The van der Waals surface area contributed by atoms with Crippen LogP contribution in [-0.2, 0) is 0 Å². The number of benzene rings is 2. The zero-order valence-electron chi connectivity index (χ0n) is 14.6. The van der Waals surface area contributed by atoms with Crippen LogP contribution in [0, 0.1) is 0 Å². The Balaban J connectivity index is 1.47. The summed E-state index contributed by atoms with van der Waals surface area (Å²) in [4.78, 5) is 1.68. The van der Waals surface area contributed by atoms with Crippen molar-refractivity contribution in [2.75, 3.05) is 25.0 Å². The Labute approximate surface area is 155 Å². The van der Waals surface area contributed by atoms with Gasteiger partial charge < -0.3 is 20.3 Å². The number of hydrogen-bond acceptors (Lipinski definition) is 2. The predicted octanol–water partition coefficient (Wildman–Crippen LogP) is 2.83. The van der Waals surface area contributed by atoms with Gasteiger partial charge in [-0.25, -0.2) is 0 Å². The van der Waals surface area contributed by atoms with Crippen molar-refractivity contribution in [3.8, 4) is 11.5 Å². The van der Waals surface area contributed by atoms with Crippen molar-refractivity contribution in [1.29, 1.82) is 0 Å². The molecule has 1 saturated heterocycles. The number of hydrogen-bond donors (Lipinski definition) is 3. The first-order valence-corrected chi connectivity index (χ1v) is 9.38. The topological polar surface area (TPSA) is 37.7 Å². The maximum Gasteiger partial charge on any atom is 0.170 e. The second-order valence-corrected chi connectivity index (χ2v) is 6.78. The van der Waals surface area contributed by atoms with Crippen molar-refractivity contribution in [1.82, 2.24) is 5.32 Å². The summed E-state index contributed by atoms with van der Waals surface area (Å²) in [5, 5.41) is 7.29. The van der Waals surface area contributed by atoms with Crippen molar-refractivity contribution < 1.29 is 9.64 Å². The fourth-order valence-electron chi connectivity index (χ4n) is 3.32. The van der Waals surface area contributed by atoms with Crippen LogP contribution < -0.4 is 20.3 Å². The van der Waals surface area contributed by atoms with Gasteiger partial charge >= 0.3 is 0 Å². The Morgan fingerprint density at radius 3 is 2.56 bits per heavy atom. The van der Waals surface area contributed by atoms with Gasteiger partial charge in [-0.05, 0) is 55.5 Å². The predicted molar refractivity (Wildman–Crippen MR) is 107 cm³/mol. The van der Waals surface area contributed by atoms with Crippen LogP contribution in [0.5, 0.6) is 11.5 Å². The van der Waals surface area contributed by atoms with Crippen LogP contribution in [0.2, 0.25) is 0 Å². The molecule has 0 amide bonds. The molecule has 0 spiro atoms. The van der Waals surface area contributed by atoms with Gasteiger partial charge in [-0.2, -0.15) is 0 Å². The first-order valence-electron chi connectivity index (χ1n) is 8.97. The number of likely N-dealkylation sites (tertiary alicyclic amines) is 1. The molecule has 132 valence electrons. The van der Waals surface area contributed by atoms with Crippen molar-refractivity contribution in [2.24, 2.45) is 0 Å².